The number of carbonyl (C=O) groups is 1. The molecule has 156 valence electrons. The van der Waals surface area contributed by atoms with Crippen LogP contribution in [-0.4, -0.2) is 5.91 Å². The summed E-state index contributed by atoms with van der Waals surface area (Å²) in [6, 6.07) is 24.2. The topological polar surface area (TPSA) is 50.4 Å². The van der Waals surface area contributed by atoms with Crippen molar-refractivity contribution >= 4 is 17.3 Å². The first-order chi connectivity index (χ1) is 14.5. The molecule has 0 saturated carbocycles. The van der Waals surface area contributed by atoms with Crippen LogP contribution in [-0.2, 0) is 17.9 Å². The molecular formula is C26H30N2O2. The first-order valence-electron chi connectivity index (χ1n) is 10.4. The van der Waals surface area contributed by atoms with Crippen LogP contribution in [0.2, 0.25) is 0 Å². The molecule has 2 N–H and O–H groups in total. The number of rotatable bonds is 9. The lowest BCUT2D eigenvalue weighted by Crippen LogP contribution is -2.13. The molecule has 3 rings (SSSR count). The molecule has 0 heterocycles. The van der Waals surface area contributed by atoms with Crippen molar-refractivity contribution in [2.75, 3.05) is 10.6 Å². The van der Waals surface area contributed by atoms with E-state index in [9.17, 15) is 4.79 Å². The molecule has 0 spiro atoms. The zero-order chi connectivity index (χ0) is 21.3. The zero-order valence-corrected chi connectivity index (χ0v) is 17.9. The van der Waals surface area contributed by atoms with Crippen LogP contribution in [0.25, 0.3) is 0 Å². The second kappa shape index (κ2) is 10.5. The van der Waals surface area contributed by atoms with Gasteiger partial charge in [-0.15, -0.1) is 0 Å². The Morgan fingerprint density at radius 2 is 1.63 bits per heavy atom. The molecule has 3 aromatic rings. The molecule has 0 aliphatic heterocycles. The van der Waals surface area contributed by atoms with Crippen molar-refractivity contribution in [1.82, 2.24) is 0 Å². The maximum absolute atomic E-state index is 12.0. The predicted molar refractivity (Wildman–Crippen MR) is 124 cm³/mol. The third-order valence-electron chi connectivity index (χ3n) is 4.62. The smallest absolute Gasteiger partial charge is 0.224 e. The second-order valence-corrected chi connectivity index (χ2v) is 8.01. The SMILES string of the molecule is Cc1cccc(COc2cccc(CNc3cccc(NC(=O)CC(C)C)c3)c2)c1. The minimum Gasteiger partial charge on any atom is -0.489 e. The molecule has 4 nitrogen and oxygen atoms in total. The highest BCUT2D eigenvalue weighted by molar-refractivity contribution is 5.91. The minimum atomic E-state index is 0.0422. The number of hydrogen-bond donors (Lipinski definition) is 2. The zero-order valence-electron chi connectivity index (χ0n) is 17.9. The number of ether oxygens (including phenoxy) is 1. The van der Waals surface area contributed by atoms with E-state index in [2.05, 4.69) is 47.9 Å². The van der Waals surface area contributed by atoms with E-state index in [1.165, 1.54) is 5.56 Å². The lowest BCUT2D eigenvalue weighted by molar-refractivity contribution is -0.116. The first kappa shape index (κ1) is 21.4. The quantitative estimate of drug-likeness (QED) is 0.450. The molecule has 30 heavy (non-hydrogen) atoms. The van der Waals surface area contributed by atoms with Crippen LogP contribution < -0.4 is 15.4 Å². The lowest BCUT2D eigenvalue weighted by atomic mass is 10.1. The Balaban J connectivity index is 1.55. The second-order valence-electron chi connectivity index (χ2n) is 8.01. The van der Waals surface area contributed by atoms with Crippen LogP contribution in [0.1, 0.15) is 37.0 Å². The Hall–Kier alpha value is -3.27. The fourth-order valence-corrected chi connectivity index (χ4v) is 3.21. The van der Waals surface area contributed by atoms with Crippen molar-refractivity contribution in [2.24, 2.45) is 5.92 Å². The summed E-state index contributed by atoms with van der Waals surface area (Å²) in [5.74, 6) is 1.23. The molecule has 0 bridgehead atoms. The molecule has 0 atom stereocenters. The fourth-order valence-electron chi connectivity index (χ4n) is 3.21. The normalized spacial score (nSPS) is 10.7. The largest absolute Gasteiger partial charge is 0.489 e. The van der Waals surface area contributed by atoms with E-state index in [-0.39, 0.29) is 5.91 Å². The first-order valence-corrected chi connectivity index (χ1v) is 10.4. The van der Waals surface area contributed by atoms with E-state index in [1.807, 2.05) is 56.3 Å². The van der Waals surface area contributed by atoms with Crippen molar-refractivity contribution < 1.29 is 9.53 Å². The van der Waals surface area contributed by atoms with Gasteiger partial charge in [0.1, 0.15) is 12.4 Å². The Morgan fingerprint density at radius 3 is 2.43 bits per heavy atom. The summed E-state index contributed by atoms with van der Waals surface area (Å²) in [7, 11) is 0. The van der Waals surface area contributed by atoms with Crippen molar-refractivity contribution in [3.05, 3.63) is 89.5 Å². The molecule has 3 aromatic carbocycles. The Kier molecular flexibility index (Phi) is 7.50. The monoisotopic (exact) mass is 402 g/mol. The van der Waals surface area contributed by atoms with Crippen LogP contribution in [0.15, 0.2) is 72.8 Å². The fraction of sp³-hybridized carbons (Fsp3) is 0.269. The lowest BCUT2D eigenvalue weighted by Gasteiger charge is -2.12. The van der Waals surface area contributed by atoms with Gasteiger partial charge in [-0.25, -0.2) is 0 Å². The third kappa shape index (κ3) is 6.96. The number of hydrogen-bond acceptors (Lipinski definition) is 3. The standard InChI is InChI=1S/C26H30N2O2/c1-19(2)13-26(29)28-24-11-6-10-23(16-24)27-17-21-8-5-12-25(15-21)30-18-22-9-4-7-20(3)14-22/h4-12,14-16,19,27H,13,17-18H2,1-3H3,(H,28,29). The minimum absolute atomic E-state index is 0.0422. The molecule has 0 fully saturated rings. The van der Waals surface area contributed by atoms with Crippen LogP contribution in [0.3, 0.4) is 0 Å². The van der Waals surface area contributed by atoms with Gasteiger partial charge in [-0.3, -0.25) is 4.79 Å². The summed E-state index contributed by atoms with van der Waals surface area (Å²) in [5.41, 5.74) is 5.29. The molecule has 0 aliphatic rings. The van der Waals surface area contributed by atoms with E-state index >= 15 is 0 Å². The Morgan fingerprint density at radius 1 is 0.900 bits per heavy atom. The van der Waals surface area contributed by atoms with Crippen molar-refractivity contribution in [3.63, 3.8) is 0 Å². The summed E-state index contributed by atoms with van der Waals surface area (Å²) >= 11 is 0. The van der Waals surface area contributed by atoms with E-state index < -0.39 is 0 Å². The number of carbonyl (C=O) groups excluding carboxylic acids is 1. The molecular weight excluding hydrogens is 372 g/mol. The molecule has 0 aromatic heterocycles. The van der Waals surface area contributed by atoms with Gasteiger partial charge < -0.3 is 15.4 Å². The van der Waals surface area contributed by atoms with Crippen LogP contribution >= 0.6 is 0 Å². The summed E-state index contributed by atoms with van der Waals surface area (Å²) in [6.45, 7) is 7.38. The molecule has 1 amide bonds. The number of aryl methyl sites for hydroxylation is 1. The summed E-state index contributed by atoms with van der Waals surface area (Å²) in [4.78, 5) is 12.0. The molecule has 4 heteroatoms. The van der Waals surface area contributed by atoms with E-state index in [4.69, 9.17) is 4.74 Å². The van der Waals surface area contributed by atoms with Gasteiger partial charge in [-0.2, -0.15) is 0 Å². The highest BCUT2D eigenvalue weighted by Crippen LogP contribution is 2.19. The highest BCUT2D eigenvalue weighted by Gasteiger charge is 2.06. The van der Waals surface area contributed by atoms with Gasteiger partial charge in [-0.1, -0.05) is 61.9 Å². The van der Waals surface area contributed by atoms with Crippen LogP contribution in [0.5, 0.6) is 5.75 Å². The summed E-state index contributed by atoms with van der Waals surface area (Å²) < 4.78 is 5.96. The summed E-state index contributed by atoms with van der Waals surface area (Å²) in [6.07, 6.45) is 0.521. The van der Waals surface area contributed by atoms with E-state index in [0.717, 1.165) is 28.3 Å². The maximum Gasteiger partial charge on any atom is 0.224 e. The van der Waals surface area contributed by atoms with Gasteiger partial charge >= 0.3 is 0 Å². The Labute approximate surface area is 179 Å². The average molecular weight is 403 g/mol. The molecule has 0 saturated heterocycles. The van der Waals surface area contributed by atoms with E-state index in [0.29, 0.717) is 25.5 Å². The number of amides is 1. The number of anilines is 2. The molecule has 0 radical (unpaired) electrons. The molecule has 0 aliphatic carbocycles. The Bertz CT molecular complexity index is 982. The number of benzene rings is 3. The maximum atomic E-state index is 12.0. The molecule has 0 unspecified atom stereocenters. The van der Waals surface area contributed by atoms with Gasteiger partial charge in [0.25, 0.3) is 0 Å². The van der Waals surface area contributed by atoms with Crippen molar-refractivity contribution in [3.8, 4) is 5.75 Å². The predicted octanol–water partition coefficient (Wildman–Crippen LogP) is 6.17. The van der Waals surface area contributed by atoms with Crippen molar-refractivity contribution in [1.29, 1.82) is 0 Å². The summed E-state index contributed by atoms with van der Waals surface area (Å²) in [5, 5.41) is 6.38. The number of nitrogens with one attached hydrogen (secondary N) is 2. The third-order valence-corrected chi connectivity index (χ3v) is 4.62. The van der Waals surface area contributed by atoms with Crippen LogP contribution in [0.4, 0.5) is 11.4 Å². The van der Waals surface area contributed by atoms with Gasteiger partial charge in [0, 0.05) is 24.3 Å². The highest BCUT2D eigenvalue weighted by atomic mass is 16.5. The van der Waals surface area contributed by atoms with E-state index in [1.54, 1.807) is 0 Å². The van der Waals surface area contributed by atoms with Gasteiger partial charge in [0.15, 0.2) is 0 Å². The van der Waals surface area contributed by atoms with Gasteiger partial charge in [0.2, 0.25) is 5.91 Å². The van der Waals surface area contributed by atoms with Crippen molar-refractivity contribution in [2.45, 2.75) is 40.3 Å². The van der Waals surface area contributed by atoms with Gasteiger partial charge in [0.05, 0.1) is 0 Å². The van der Waals surface area contributed by atoms with Gasteiger partial charge in [-0.05, 0) is 54.3 Å². The van der Waals surface area contributed by atoms with Crippen LogP contribution in [0, 0.1) is 12.8 Å². The average Bonchev–Trinajstić information content (AvgIpc) is 2.71.